The minimum Gasteiger partial charge on any atom is -0.373 e. The maximum absolute atomic E-state index is 12.3. The Hall–Kier alpha value is -1.15. The summed E-state index contributed by atoms with van der Waals surface area (Å²) in [6, 6.07) is 3.35. The Kier molecular flexibility index (Phi) is 3.64. The molecule has 15 heavy (non-hydrogen) atoms. The van der Waals surface area contributed by atoms with Crippen LogP contribution in [-0.2, 0) is 6.18 Å². The van der Waals surface area contributed by atoms with Crippen LogP contribution in [0.5, 0.6) is 0 Å². The van der Waals surface area contributed by atoms with E-state index in [0.717, 1.165) is 12.1 Å². The van der Waals surface area contributed by atoms with Crippen molar-refractivity contribution in [2.75, 3.05) is 11.9 Å². The lowest BCUT2D eigenvalue weighted by molar-refractivity contribution is -0.137. The van der Waals surface area contributed by atoms with E-state index >= 15 is 0 Å². The van der Waals surface area contributed by atoms with E-state index in [0.29, 0.717) is 10.2 Å². The van der Waals surface area contributed by atoms with Crippen LogP contribution in [0.4, 0.5) is 18.9 Å². The molecule has 5 heteroatoms. The average molecular weight is 278 g/mol. The Morgan fingerprint density at radius 3 is 2.53 bits per heavy atom. The Labute approximate surface area is 93.8 Å². The molecule has 80 valence electrons. The fourth-order valence-corrected chi connectivity index (χ4v) is 1.50. The SMILES string of the molecule is C#CCNc1ccc(C(F)(F)F)cc1Br. The lowest BCUT2D eigenvalue weighted by Crippen LogP contribution is -2.06. The zero-order valence-electron chi connectivity index (χ0n) is 7.53. The van der Waals surface area contributed by atoms with Crippen LogP contribution < -0.4 is 5.32 Å². The van der Waals surface area contributed by atoms with Crippen molar-refractivity contribution in [1.82, 2.24) is 0 Å². The molecule has 0 aliphatic heterocycles. The van der Waals surface area contributed by atoms with Gasteiger partial charge in [0.25, 0.3) is 0 Å². The standard InChI is InChI=1S/C10H7BrF3N/c1-2-5-15-9-4-3-7(6-8(9)11)10(12,13)14/h1,3-4,6,15H,5H2. The predicted octanol–water partition coefficient (Wildman–Crippen LogP) is 3.51. The summed E-state index contributed by atoms with van der Waals surface area (Å²) in [4.78, 5) is 0. The molecular formula is C10H7BrF3N. The molecule has 0 aliphatic rings. The zero-order valence-corrected chi connectivity index (χ0v) is 9.11. The van der Waals surface area contributed by atoms with Crippen molar-refractivity contribution >= 4 is 21.6 Å². The Balaban J connectivity index is 2.94. The molecule has 0 bridgehead atoms. The van der Waals surface area contributed by atoms with Gasteiger partial charge < -0.3 is 5.32 Å². The fourth-order valence-electron chi connectivity index (χ4n) is 0.981. The van der Waals surface area contributed by atoms with Gasteiger partial charge in [0.1, 0.15) is 0 Å². The van der Waals surface area contributed by atoms with Crippen LogP contribution in [0.15, 0.2) is 22.7 Å². The van der Waals surface area contributed by atoms with Gasteiger partial charge in [0.05, 0.1) is 12.1 Å². The Morgan fingerprint density at radius 2 is 2.07 bits per heavy atom. The molecule has 0 aliphatic carbocycles. The van der Waals surface area contributed by atoms with Gasteiger partial charge in [-0.05, 0) is 34.1 Å². The monoisotopic (exact) mass is 277 g/mol. The summed E-state index contributed by atoms with van der Waals surface area (Å²) in [6.45, 7) is 0.268. The largest absolute Gasteiger partial charge is 0.416 e. The third-order valence-corrected chi connectivity index (χ3v) is 2.33. The summed E-state index contributed by atoms with van der Waals surface area (Å²) < 4.78 is 37.2. The van der Waals surface area contributed by atoms with Crippen molar-refractivity contribution in [2.45, 2.75) is 6.18 Å². The molecule has 1 N–H and O–H groups in total. The maximum Gasteiger partial charge on any atom is 0.416 e. The van der Waals surface area contributed by atoms with Crippen LogP contribution in [-0.4, -0.2) is 6.54 Å². The van der Waals surface area contributed by atoms with Gasteiger partial charge in [0.2, 0.25) is 0 Å². The molecule has 0 saturated carbocycles. The molecule has 0 heterocycles. The highest BCUT2D eigenvalue weighted by atomic mass is 79.9. The van der Waals surface area contributed by atoms with Gasteiger partial charge >= 0.3 is 6.18 Å². The van der Waals surface area contributed by atoms with Gasteiger partial charge in [-0.3, -0.25) is 0 Å². The summed E-state index contributed by atoms with van der Waals surface area (Å²) >= 11 is 3.04. The van der Waals surface area contributed by atoms with E-state index in [1.807, 2.05) is 0 Å². The topological polar surface area (TPSA) is 12.0 Å². The summed E-state index contributed by atoms with van der Waals surface area (Å²) in [5.41, 5.74) is -0.151. The highest BCUT2D eigenvalue weighted by Gasteiger charge is 2.30. The van der Waals surface area contributed by atoms with Gasteiger partial charge in [0, 0.05) is 10.2 Å². The number of alkyl halides is 3. The van der Waals surface area contributed by atoms with Crippen molar-refractivity contribution in [1.29, 1.82) is 0 Å². The first-order chi connectivity index (χ1) is 6.95. The van der Waals surface area contributed by atoms with Crippen molar-refractivity contribution in [3.05, 3.63) is 28.2 Å². The molecule has 0 atom stereocenters. The first-order valence-corrected chi connectivity index (χ1v) is 4.78. The second-order valence-electron chi connectivity index (χ2n) is 2.75. The zero-order chi connectivity index (χ0) is 11.5. The summed E-state index contributed by atoms with van der Waals surface area (Å²) in [7, 11) is 0. The van der Waals surface area contributed by atoms with Crippen LogP contribution >= 0.6 is 15.9 Å². The van der Waals surface area contributed by atoms with E-state index in [1.165, 1.54) is 6.07 Å². The lowest BCUT2D eigenvalue weighted by atomic mass is 10.2. The second-order valence-corrected chi connectivity index (χ2v) is 3.60. The van der Waals surface area contributed by atoms with Crippen LogP contribution in [0, 0.1) is 12.3 Å². The molecule has 1 rings (SSSR count). The van der Waals surface area contributed by atoms with E-state index < -0.39 is 11.7 Å². The highest BCUT2D eigenvalue weighted by Crippen LogP contribution is 2.33. The van der Waals surface area contributed by atoms with E-state index in [2.05, 4.69) is 27.2 Å². The maximum atomic E-state index is 12.3. The molecule has 0 radical (unpaired) electrons. The number of benzene rings is 1. The van der Waals surface area contributed by atoms with E-state index in [-0.39, 0.29) is 6.54 Å². The highest BCUT2D eigenvalue weighted by molar-refractivity contribution is 9.10. The Morgan fingerprint density at radius 1 is 1.40 bits per heavy atom. The fraction of sp³-hybridized carbons (Fsp3) is 0.200. The summed E-state index contributed by atoms with van der Waals surface area (Å²) in [6.07, 6.45) is 0.692. The van der Waals surface area contributed by atoms with Crippen LogP contribution in [0.1, 0.15) is 5.56 Å². The van der Waals surface area contributed by atoms with Crippen molar-refractivity contribution < 1.29 is 13.2 Å². The number of hydrogen-bond acceptors (Lipinski definition) is 1. The van der Waals surface area contributed by atoms with Gasteiger partial charge in [-0.2, -0.15) is 13.2 Å². The minimum atomic E-state index is -4.33. The number of halogens is 4. The smallest absolute Gasteiger partial charge is 0.373 e. The number of rotatable bonds is 2. The molecule has 0 spiro atoms. The molecule has 0 fully saturated rings. The van der Waals surface area contributed by atoms with Crippen molar-refractivity contribution in [3.63, 3.8) is 0 Å². The number of hydrogen-bond donors (Lipinski definition) is 1. The third kappa shape index (κ3) is 3.17. The first kappa shape index (κ1) is 11.9. The molecule has 1 nitrogen and oxygen atoms in total. The van der Waals surface area contributed by atoms with Crippen molar-refractivity contribution in [2.24, 2.45) is 0 Å². The molecular weight excluding hydrogens is 271 g/mol. The van der Waals surface area contributed by atoms with E-state index in [9.17, 15) is 13.2 Å². The lowest BCUT2D eigenvalue weighted by Gasteiger charge is -2.10. The van der Waals surface area contributed by atoms with Gasteiger partial charge in [-0.25, -0.2) is 0 Å². The molecule has 0 unspecified atom stereocenters. The first-order valence-electron chi connectivity index (χ1n) is 3.99. The van der Waals surface area contributed by atoms with E-state index in [1.54, 1.807) is 0 Å². The van der Waals surface area contributed by atoms with Crippen LogP contribution in [0.25, 0.3) is 0 Å². The third-order valence-electron chi connectivity index (χ3n) is 1.68. The van der Waals surface area contributed by atoms with Gasteiger partial charge in [-0.15, -0.1) is 6.42 Å². The van der Waals surface area contributed by atoms with E-state index in [4.69, 9.17) is 6.42 Å². The Bertz CT molecular complexity index is 393. The number of terminal acetylenes is 1. The van der Waals surface area contributed by atoms with Gasteiger partial charge in [0.15, 0.2) is 0 Å². The molecule has 1 aromatic rings. The van der Waals surface area contributed by atoms with Crippen LogP contribution in [0.3, 0.4) is 0 Å². The summed E-state index contributed by atoms with van der Waals surface area (Å²) in [5, 5.41) is 2.79. The average Bonchev–Trinajstić information content (AvgIpc) is 2.14. The molecule has 0 aromatic heterocycles. The molecule has 0 amide bonds. The van der Waals surface area contributed by atoms with Crippen molar-refractivity contribution in [3.8, 4) is 12.3 Å². The quantitative estimate of drug-likeness (QED) is 0.816. The minimum absolute atomic E-state index is 0.268. The normalized spacial score (nSPS) is 10.9. The number of nitrogens with one attached hydrogen (secondary N) is 1. The molecule has 0 saturated heterocycles. The van der Waals surface area contributed by atoms with Crippen LogP contribution in [0.2, 0.25) is 0 Å². The second kappa shape index (κ2) is 4.58. The number of anilines is 1. The van der Waals surface area contributed by atoms with Gasteiger partial charge in [-0.1, -0.05) is 5.92 Å². The predicted molar refractivity (Wildman–Crippen MR) is 56.5 cm³/mol. The molecule has 1 aromatic carbocycles. The summed E-state index contributed by atoms with van der Waals surface area (Å²) in [5.74, 6) is 2.33.